The first-order valence-corrected chi connectivity index (χ1v) is 7.90. The van der Waals surface area contributed by atoms with Crippen molar-refractivity contribution < 1.29 is 19.4 Å². The van der Waals surface area contributed by atoms with Crippen molar-refractivity contribution in [3.05, 3.63) is 78.5 Å². The number of carboxylic acid groups (broad SMARTS) is 1. The summed E-state index contributed by atoms with van der Waals surface area (Å²) in [6.45, 7) is -0.272. The number of benzene rings is 2. The minimum atomic E-state index is -1.11. The molecule has 1 aromatic heterocycles. The zero-order valence-electron chi connectivity index (χ0n) is 13.8. The maximum atomic E-state index is 12.0. The van der Waals surface area contributed by atoms with Gasteiger partial charge in [-0.05, 0) is 23.8 Å². The largest absolute Gasteiger partial charge is 0.478 e. The predicted molar refractivity (Wildman–Crippen MR) is 97.2 cm³/mol. The maximum Gasteiger partial charge on any atom is 0.337 e. The zero-order valence-corrected chi connectivity index (χ0v) is 13.8. The van der Waals surface area contributed by atoms with E-state index in [-0.39, 0.29) is 17.9 Å². The van der Waals surface area contributed by atoms with Crippen molar-refractivity contribution in [2.75, 3.05) is 11.9 Å². The normalized spacial score (nSPS) is 10.2. The number of hydrogen-bond acceptors (Lipinski definition) is 4. The Bertz CT molecular complexity index is 909. The lowest BCUT2D eigenvalue weighted by molar-refractivity contribution is -0.118. The molecule has 6 heteroatoms. The molecule has 0 aliphatic carbocycles. The zero-order chi connectivity index (χ0) is 18.4. The second-order valence-electron chi connectivity index (χ2n) is 5.44. The number of rotatable bonds is 6. The number of carboxylic acids is 1. The molecule has 0 atom stereocenters. The van der Waals surface area contributed by atoms with Crippen molar-refractivity contribution in [2.24, 2.45) is 0 Å². The number of nitrogens with zero attached hydrogens (tertiary/aromatic N) is 1. The first-order valence-electron chi connectivity index (χ1n) is 7.90. The van der Waals surface area contributed by atoms with Crippen LogP contribution in [0.15, 0.2) is 72.9 Å². The Balaban J connectivity index is 1.59. The van der Waals surface area contributed by atoms with Crippen molar-refractivity contribution in [3.8, 4) is 17.0 Å². The third-order valence-electron chi connectivity index (χ3n) is 3.63. The number of para-hydroxylation sites is 1. The van der Waals surface area contributed by atoms with Gasteiger partial charge in [0.2, 0.25) is 5.88 Å². The van der Waals surface area contributed by atoms with E-state index in [1.165, 1.54) is 12.1 Å². The summed E-state index contributed by atoms with van der Waals surface area (Å²) >= 11 is 0. The number of ether oxygens (including phenoxy) is 1. The first-order chi connectivity index (χ1) is 12.6. The maximum absolute atomic E-state index is 12.0. The molecule has 3 rings (SSSR count). The Kier molecular flexibility index (Phi) is 5.24. The molecule has 1 amide bonds. The van der Waals surface area contributed by atoms with Gasteiger partial charge in [-0.2, -0.15) is 0 Å². The van der Waals surface area contributed by atoms with Crippen molar-refractivity contribution >= 4 is 17.6 Å². The van der Waals surface area contributed by atoms with Gasteiger partial charge in [-0.25, -0.2) is 9.78 Å². The van der Waals surface area contributed by atoms with E-state index in [9.17, 15) is 9.59 Å². The van der Waals surface area contributed by atoms with Crippen molar-refractivity contribution in [1.29, 1.82) is 0 Å². The summed E-state index contributed by atoms with van der Waals surface area (Å²) in [5.74, 6) is -1.26. The molecule has 0 spiro atoms. The van der Waals surface area contributed by atoms with Gasteiger partial charge < -0.3 is 15.2 Å². The van der Waals surface area contributed by atoms with Crippen LogP contribution in [0.25, 0.3) is 11.1 Å². The summed E-state index contributed by atoms with van der Waals surface area (Å²) in [7, 11) is 0. The number of hydrogen-bond donors (Lipinski definition) is 2. The standard InChI is InChI=1S/C20H16N2O4/c23-18(22-17-9-5-4-8-16(17)20(24)25)13-26-19-11-10-15(12-21-19)14-6-2-1-3-7-14/h1-12H,13H2,(H,22,23)(H,24,25). The average molecular weight is 348 g/mol. The molecule has 6 nitrogen and oxygen atoms in total. The third-order valence-corrected chi connectivity index (χ3v) is 3.63. The minimum Gasteiger partial charge on any atom is -0.478 e. The first kappa shape index (κ1) is 17.2. The highest BCUT2D eigenvalue weighted by molar-refractivity contribution is 6.00. The van der Waals surface area contributed by atoms with Crippen LogP contribution < -0.4 is 10.1 Å². The second kappa shape index (κ2) is 7.94. The van der Waals surface area contributed by atoms with Crippen LogP contribution in [0.1, 0.15) is 10.4 Å². The number of aromatic nitrogens is 1. The van der Waals surface area contributed by atoms with Gasteiger partial charge in [0.1, 0.15) is 0 Å². The molecule has 0 bridgehead atoms. The molecule has 3 aromatic rings. The summed E-state index contributed by atoms with van der Waals surface area (Å²) < 4.78 is 5.36. The molecule has 0 saturated heterocycles. The molecule has 0 radical (unpaired) electrons. The molecular weight excluding hydrogens is 332 g/mol. The van der Waals surface area contributed by atoms with Gasteiger partial charge in [-0.1, -0.05) is 42.5 Å². The van der Waals surface area contributed by atoms with Gasteiger partial charge in [0, 0.05) is 17.8 Å². The SMILES string of the molecule is O=C(COc1ccc(-c2ccccc2)cn1)Nc1ccccc1C(=O)O. The topological polar surface area (TPSA) is 88.5 Å². The van der Waals surface area contributed by atoms with Gasteiger partial charge >= 0.3 is 5.97 Å². The van der Waals surface area contributed by atoms with E-state index < -0.39 is 11.9 Å². The number of carbonyl (C=O) groups excluding carboxylic acids is 1. The van der Waals surface area contributed by atoms with E-state index in [4.69, 9.17) is 9.84 Å². The van der Waals surface area contributed by atoms with Gasteiger partial charge in [0.05, 0.1) is 11.3 Å². The molecule has 0 aliphatic rings. The van der Waals surface area contributed by atoms with Crippen LogP contribution in [-0.2, 0) is 4.79 Å². The van der Waals surface area contributed by atoms with Gasteiger partial charge in [-0.15, -0.1) is 0 Å². The Labute approximate surface area is 150 Å². The molecule has 26 heavy (non-hydrogen) atoms. The number of aromatic carboxylic acids is 1. The van der Waals surface area contributed by atoms with E-state index >= 15 is 0 Å². The molecule has 0 unspecified atom stereocenters. The summed E-state index contributed by atoms with van der Waals surface area (Å²) in [6, 6.07) is 19.5. The lowest BCUT2D eigenvalue weighted by Gasteiger charge is -2.09. The van der Waals surface area contributed by atoms with Gasteiger partial charge in [0.25, 0.3) is 5.91 Å². The van der Waals surface area contributed by atoms with Crippen LogP contribution in [-0.4, -0.2) is 28.6 Å². The van der Waals surface area contributed by atoms with Gasteiger partial charge in [0.15, 0.2) is 6.61 Å². The number of anilines is 1. The van der Waals surface area contributed by atoms with Crippen molar-refractivity contribution in [2.45, 2.75) is 0 Å². The highest BCUT2D eigenvalue weighted by Gasteiger charge is 2.12. The van der Waals surface area contributed by atoms with Crippen LogP contribution in [0.5, 0.6) is 5.88 Å². The van der Waals surface area contributed by atoms with E-state index in [0.29, 0.717) is 5.88 Å². The predicted octanol–water partition coefficient (Wildman–Crippen LogP) is 3.46. The molecule has 0 aliphatic heterocycles. The molecule has 130 valence electrons. The van der Waals surface area contributed by atoms with Crippen molar-refractivity contribution in [3.63, 3.8) is 0 Å². The van der Waals surface area contributed by atoms with E-state index in [1.807, 2.05) is 36.4 Å². The molecule has 1 heterocycles. The van der Waals surface area contributed by atoms with E-state index in [1.54, 1.807) is 24.4 Å². The Morgan fingerprint density at radius 3 is 2.35 bits per heavy atom. The van der Waals surface area contributed by atoms with E-state index in [0.717, 1.165) is 11.1 Å². The Morgan fingerprint density at radius 1 is 0.923 bits per heavy atom. The molecular formula is C20H16N2O4. The van der Waals surface area contributed by atoms with Crippen LogP contribution in [0.3, 0.4) is 0 Å². The quantitative estimate of drug-likeness (QED) is 0.712. The third kappa shape index (κ3) is 4.24. The van der Waals surface area contributed by atoms with E-state index in [2.05, 4.69) is 10.3 Å². The van der Waals surface area contributed by atoms with Crippen molar-refractivity contribution in [1.82, 2.24) is 4.98 Å². The smallest absolute Gasteiger partial charge is 0.337 e. The molecule has 2 N–H and O–H groups in total. The Morgan fingerprint density at radius 2 is 1.65 bits per heavy atom. The summed E-state index contributed by atoms with van der Waals surface area (Å²) in [5.41, 5.74) is 2.22. The fraction of sp³-hybridized carbons (Fsp3) is 0.0500. The highest BCUT2D eigenvalue weighted by atomic mass is 16.5. The van der Waals surface area contributed by atoms with Crippen LogP contribution in [0.4, 0.5) is 5.69 Å². The molecule has 0 fully saturated rings. The fourth-order valence-electron chi connectivity index (χ4n) is 2.37. The molecule has 2 aromatic carbocycles. The lowest BCUT2D eigenvalue weighted by Crippen LogP contribution is -2.21. The average Bonchev–Trinajstić information content (AvgIpc) is 2.68. The number of amides is 1. The second-order valence-corrected chi connectivity index (χ2v) is 5.44. The number of pyridine rings is 1. The fourth-order valence-corrected chi connectivity index (χ4v) is 2.37. The summed E-state index contributed by atoms with van der Waals surface area (Å²) in [6.07, 6.45) is 1.67. The Hall–Kier alpha value is -3.67. The highest BCUT2D eigenvalue weighted by Crippen LogP contribution is 2.20. The van der Waals surface area contributed by atoms with Crippen LogP contribution >= 0.6 is 0 Å². The van der Waals surface area contributed by atoms with Gasteiger partial charge in [-0.3, -0.25) is 4.79 Å². The number of carbonyl (C=O) groups is 2. The molecule has 0 saturated carbocycles. The summed E-state index contributed by atoms with van der Waals surface area (Å²) in [4.78, 5) is 27.3. The minimum absolute atomic E-state index is 0.0196. The van der Waals surface area contributed by atoms with Crippen LogP contribution in [0, 0.1) is 0 Å². The summed E-state index contributed by atoms with van der Waals surface area (Å²) in [5, 5.41) is 11.6. The van der Waals surface area contributed by atoms with Crippen LogP contribution in [0.2, 0.25) is 0 Å². The number of nitrogens with one attached hydrogen (secondary N) is 1. The lowest BCUT2D eigenvalue weighted by atomic mass is 10.1. The monoisotopic (exact) mass is 348 g/mol.